The smallest absolute Gasteiger partial charge is 0.307 e. The molecule has 0 aliphatic carbocycles. The normalized spacial score (nSPS) is 10.4. The Hall–Kier alpha value is -2.01. The number of hydrogen-bond donors (Lipinski definition) is 1. The van der Waals surface area contributed by atoms with Gasteiger partial charge in [-0.3, -0.25) is 4.79 Å². The molecule has 0 radical (unpaired) electrons. The number of aliphatic carboxylic acids is 1. The number of carboxylic acid groups (broad SMARTS) is 1. The topological polar surface area (TPSA) is 46.5 Å². The Labute approximate surface area is 126 Å². The molecule has 21 heavy (non-hydrogen) atoms. The molecule has 0 saturated heterocycles. The highest BCUT2D eigenvalue weighted by Crippen LogP contribution is 2.25. The van der Waals surface area contributed by atoms with Gasteiger partial charge in [0.15, 0.2) is 11.6 Å². The number of thioether (sulfide) groups is 1. The summed E-state index contributed by atoms with van der Waals surface area (Å²) in [5.41, 5.74) is 1.63. The van der Waals surface area contributed by atoms with Crippen molar-refractivity contribution in [1.82, 2.24) is 0 Å². The third kappa shape index (κ3) is 4.49. The maximum absolute atomic E-state index is 13.6. The molecular weight excluding hydrogens is 291 g/mol. The van der Waals surface area contributed by atoms with E-state index in [0.717, 1.165) is 16.0 Å². The zero-order valence-corrected chi connectivity index (χ0v) is 12.3. The minimum absolute atomic E-state index is 0.0225. The van der Waals surface area contributed by atoms with E-state index >= 15 is 0 Å². The average Bonchev–Trinajstić information content (AvgIpc) is 2.46. The van der Waals surface area contributed by atoms with Gasteiger partial charge in [-0.2, -0.15) is 0 Å². The van der Waals surface area contributed by atoms with E-state index in [1.807, 2.05) is 18.2 Å². The Morgan fingerprint density at radius 2 is 1.86 bits per heavy atom. The van der Waals surface area contributed by atoms with Crippen molar-refractivity contribution in [2.75, 3.05) is 7.11 Å². The monoisotopic (exact) mass is 306 g/mol. The van der Waals surface area contributed by atoms with Gasteiger partial charge in [0.2, 0.25) is 0 Å². The third-order valence-corrected chi connectivity index (χ3v) is 3.98. The first-order valence-corrected chi connectivity index (χ1v) is 7.33. The van der Waals surface area contributed by atoms with Gasteiger partial charge in [-0.25, -0.2) is 4.39 Å². The van der Waals surface area contributed by atoms with Crippen LogP contribution in [-0.4, -0.2) is 18.2 Å². The fourth-order valence-corrected chi connectivity index (χ4v) is 2.69. The van der Waals surface area contributed by atoms with Crippen LogP contribution < -0.4 is 4.74 Å². The first kappa shape index (κ1) is 15.4. The van der Waals surface area contributed by atoms with Gasteiger partial charge in [0.1, 0.15) is 0 Å². The molecule has 0 aromatic heterocycles. The Kier molecular flexibility index (Phi) is 5.22. The van der Waals surface area contributed by atoms with Crippen LogP contribution in [0.2, 0.25) is 0 Å². The van der Waals surface area contributed by atoms with Crippen molar-refractivity contribution in [2.24, 2.45) is 0 Å². The SMILES string of the molecule is COc1ccc(CSc2ccc(CC(=O)O)cc2)cc1F. The van der Waals surface area contributed by atoms with Gasteiger partial charge in [0.25, 0.3) is 0 Å². The van der Waals surface area contributed by atoms with Crippen molar-refractivity contribution in [2.45, 2.75) is 17.1 Å². The van der Waals surface area contributed by atoms with Crippen molar-refractivity contribution < 1.29 is 19.0 Å². The van der Waals surface area contributed by atoms with E-state index < -0.39 is 5.97 Å². The van der Waals surface area contributed by atoms with Crippen LogP contribution in [0.5, 0.6) is 5.75 Å². The highest BCUT2D eigenvalue weighted by Gasteiger charge is 2.05. The van der Waals surface area contributed by atoms with Crippen LogP contribution in [0, 0.1) is 5.82 Å². The van der Waals surface area contributed by atoms with Gasteiger partial charge in [-0.05, 0) is 35.4 Å². The summed E-state index contributed by atoms with van der Waals surface area (Å²) >= 11 is 1.57. The number of benzene rings is 2. The lowest BCUT2D eigenvalue weighted by Crippen LogP contribution is -1.99. The second-order valence-corrected chi connectivity index (χ2v) is 5.52. The average molecular weight is 306 g/mol. The molecule has 2 aromatic rings. The Balaban J connectivity index is 1.96. The zero-order chi connectivity index (χ0) is 15.2. The number of ether oxygens (including phenoxy) is 1. The van der Waals surface area contributed by atoms with E-state index in [2.05, 4.69) is 0 Å². The number of rotatable bonds is 6. The highest BCUT2D eigenvalue weighted by molar-refractivity contribution is 7.98. The van der Waals surface area contributed by atoms with Crippen molar-refractivity contribution >= 4 is 17.7 Å². The molecular formula is C16H15FO3S. The van der Waals surface area contributed by atoms with Crippen LogP contribution in [-0.2, 0) is 17.0 Å². The molecule has 0 aliphatic rings. The molecule has 0 atom stereocenters. The molecule has 0 unspecified atom stereocenters. The van der Waals surface area contributed by atoms with Crippen LogP contribution >= 0.6 is 11.8 Å². The molecule has 2 rings (SSSR count). The van der Waals surface area contributed by atoms with Gasteiger partial charge < -0.3 is 9.84 Å². The molecule has 0 saturated carbocycles. The number of hydrogen-bond acceptors (Lipinski definition) is 3. The summed E-state index contributed by atoms with van der Waals surface area (Å²) in [4.78, 5) is 11.6. The number of carboxylic acids is 1. The van der Waals surface area contributed by atoms with Crippen LogP contribution in [0.25, 0.3) is 0 Å². The number of methoxy groups -OCH3 is 1. The van der Waals surface area contributed by atoms with E-state index in [4.69, 9.17) is 9.84 Å². The second-order valence-electron chi connectivity index (χ2n) is 4.47. The largest absolute Gasteiger partial charge is 0.494 e. The maximum Gasteiger partial charge on any atom is 0.307 e. The predicted molar refractivity (Wildman–Crippen MR) is 80.3 cm³/mol. The molecule has 0 aliphatic heterocycles. The van der Waals surface area contributed by atoms with Crippen LogP contribution in [0.4, 0.5) is 4.39 Å². The van der Waals surface area contributed by atoms with E-state index in [1.165, 1.54) is 13.2 Å². The Morgan fingerprint density at radius 3 is 2.43 bits per heavy atom. The Bertz CT molecular complexity index is 626. The molecule has 0 bridgehead atoms. The van der Waals surface area contributed by atoms with Gasteiger partial charge in [0.05, 0.1) is 13.5 Å². The molecule has 2 aromatic carbocycles. The summed E-state index contributed by atoms with van der Waals surface area (Å²) in [5, 5.41) is 8.71. The van der Waals surface area contributed by atoms with Crippen LogP contribution in [0.3, 0.4) is 0 Å². The molecule has 110 valence electrons. The molecule has 3 nitrogen and oxygen atoms in total. The van der Waals surface area contributed by atoms with Crippen LogP contribution in [0.1, 0.15) is 11.1 Å². The summed E-state index contributed by atoms with van der Waals surface area (Å²) in [5.74, 6) is -0.336. The van der Waals surface area contributed by atoms with Gasteiger partial charge in [-0.1, -0.05) is 18.2 Å². The van der Waals surface area contributed by atoms with Crippen molar-refractivity contribution in [3.8, 4) is 5.75 Å². The third-order valence-electron chi connectivity index (χ3n) is 2.90. The molecule has 0 amide bonds. The second kappa shape index (κ2) is 7.13. The van der Waals surface area contributed by atoms with Crippen molar-refractivity contribution in [3.63, 3.8) is 0 Å². The summed E-state index contributed by atoms with van der Waals surface area (Å²) < 4.78 is 18.4. The fraction of sp³-hybridized carbons (Fsp3) is 0.188. The van der Waals surface area contributed by atoms with E-state index in [9.17, 15) is 9.18 Å². The summed E-state index contributed by atoms with van der Waals surface area (Å²) in [6, 6.07) is 12.3. The van der Waals surface area contributed by atoms with E-state index in [-0.39, 0.29) is 18.0 Å². The molecule has 5 heteroatoms. The van der Waals surface area contributed by atoms with Crippen molar-refractivity contribution in [3.05, 3.63) is 59.4 Å². The minimum Gasteiger partial charge on any atom is -0.494 e. The van der Waals surface area contributed by atoms with Gasteiger partial charge in [0, 0.05) is 10.6 Å². The molecule has 0 fully saturated rings. The highest BCUT2D eigenvalue weighted by atomic mass is 32.2. The lowest BCUT2D eigenvalue weighted by Gasteiger charge is -2.06. The number of halogens is 1. The first-order chi connectivity index (χ1) is 10.1. The number of carbonyl (C=O) groups is 1. The standard InChI is InChI=1S/C16H15FO3S/c1-20-15-7-4-12(8-14(15)17)10-21-13-5-2-11(3-6-13)9-16(18)19/h2-8H,9-10H2,1H3,(H,18,19). The summed E-state index contributed by atoms with van der Waals surface area (Å²) in [6.45, 7) is 0. The first-order valence-electron chi connectivity index (χ1n) is 6.34. The van der Waals surface area contributed by atoms with E-state index in [1.54, 1.807) is 30.0 Å². The van der Waals surface area contributed by atoms with Crippen LogP contribution in [0.15, 0.2) is 47.4 Å². The van der Waals surface area contributed by atoms with Gasteiger partial charge >= 0.3 is 5.97 Å². The maximum atomic E-state index is 13.6. The quantitative estimate of drug-likeness (QED) is 0.826. The molecule has 1 N–H and O–H groups in total. The summed E-state index contributed by atoms with van der Waals surface area (Å²) in [7, 11) is 1.44. The Morgan fingerprint density at radius 1 is 1.19 bits per heavy atom. The van der Waals surface area contributed by atoms with E-state index in [0.29, 0.717) is 5.75 Å². The lowest BCUT2D eigenvalue weighted by molar-refractivity contribution is -0.136. The predicted octanol–water partition coefficient (Wildman–Crippen LogP) is 3.75. The van der Waals surface area contributed by atoms with Crippen molar-refractivity contribution in [1.29, 1.82) is 0 Å². The molecule has 0 spiro atoms. The minimum atomic E-state index is -0.843. The molecule has 0 heterocycles. The fourth-order valence-electron chi connectivity index (χ4n) is 1.84. The lowest BCUT2D eigenvalue weighted by atomic mass is 10.2. The zero-order valence-electron chi connectivity index (χ0n) is 11.5. The van der Waals surface area contributed by atoms with Gasteiger partial charge in [-0.15, -0.1) is 11.8 Å². The summed E-state index contributed by atoms with van der Waals surface area (Å²) in [6.07, 6.45) is 0.0225.